The minimum absolute atomic E-state index is 0. The Bertz CT molecular complexity index is 1700. The van der Waals surface area contributed by atoms with E-state index in [4.69, 9.17) is 22.3 Å². The highest BCUT2D eigenvalue weighted by atomic mass is 35.5. The molecule has 1 aliphatic heterocycles. The number of piperidine rings is 1. The Morgan fingerprint density at radius 3 is 2.68 bits per heavy atom. The van der Waals surface area contributed by atoms with Gasteiger partial charge < -0.3 is 10.6 Å². The first kappa shape index (κ1) is 24.9. The van der Waals surface area contributed by atoms with Crippen molar-refractivity contribution in [3.8, 4) is 11.3 Å². The molecule has 0 saturated carbocycles. The Hall–Kier alpha value is -3.40. The molecule has 11 heteroatoms. The third kappa shape index (κ3) is 3.64. The van der Waals surface area contributed by atoms with Crippen LogP contribution in [0.25, 0.3) is 27.8 Å². The fraction of sp³-hybridized carbons (Fsp3) is 0.296. The molecule has 1 aliphatic carbocycles. The molecule has 0 amide bonds. The highest BCUT2D eigenvalue weighted by Crippen LogP contribution is 2.50. The molecule has 1 fully saturated rings. The number of aromatic nitrogens is 6. The molecular weight excluding hydrogens is 526 g/mol. The summed E-state index contributed by atoms with van der Waals surface area (Å²) in [5, 5.41) is 5.17. The Balaban J connectivity index is 0.00000264. The maximum absolute atomic E-state index is 13.8. The molecule has 1 atom stereocenters. The number of hydrogen-bond acceptors (Lipinski definition) is 7. The summed E-state index contributed by atoms with van der Waals surface area (Å²) in [6.07, 6.45) is 8.91. The lowest BCUT2D eigenvalue weighted by Gasteiger charge is -2.42. The molecule has 0 unspecified atom stereocenters. The fourth-order valence-corrected chi connectivity index (χ4v) is 6.42. The minimum atomic E-state index is -0.329. The summed E-state index contributed by atoms with van der Waals surface area (Å²) in [6.45, 7) is 3.57. The van der Waals surface area contributed by atoms with Gasteiger partial charge in [0.25, 0.3) is 0 Å². The van der Waals surface area contributed by atoms with Crippen molar-refractivity contribution < 1.29 is 4.39 Å². The third-order valence-corrected chi connectivity index (χ3v) is 8.46. The standard InChI is InChI=1S/C27H24ClFN8.ClH/c1-15-24(17-2-3-19-23(22(17)28)32-9-8-31-19)37-21(4-7-34-37)26(35-15)36-10-5-27(6-11-36)13-20-18(25(27)30)12-16(29)14-33-20;/h2-4,7-9,12,14,25H,5-6,10-11,13,30H2,1H3;1H/t25-;/m1./s1. The molecule has 5 aromatic rings. The lowest BCUT2D eigenvalue weighted by molar-refractivity contribution is 0.186. The van der Waals surface area contributed by atoms with Gasteiger partial charge in [-0.3, -0.25) is 15.0 Å². The number of benzene rings is 1. The summed E-state index contributed by atoms with van der Waals surface area (Å²) in [5.74, 6) is 0.559. The van der Waals surface area contributed by atoms with Gasteiger partial charge in [-0.2, -0.15) is 5.10 Å². The highest BCUT2D eigenvalue weighted by molar-refractivity contribution is 6.37. The zero-order chi connectivity index (χ0) is 25.3. The van der Waals surface area contributed by atoms with Crippen LogP contribution < -0.4 is 10.6 Å². The molecule has 8 nitrogen and oxygen atoms in total. The largest absolute Gasteiger partial charge is 0.355 e. The zero-order valence-corrected chi connectivity index (χ0v) is 22.2. The van der Waals surface area contributed by atoms with Crippen molar-refractivity contribution in [3.05, 3.63) is 76.8 Å². The summed E-state index contributed by atoms with van der Waals surface area (Å²) < 4.78 is 15.7. The second-order valence-electron chi connectivity index (χ2n) is 10.0. The maximum atomic E-state index is 13.8. The van der Waals surface area contributed by atoms with Gasteiger partial charge in [-0.05, 0) is 61.4 Å². The summed E-state index contributed by atoms with van der Waals surface area (Å²) in [5.41, 5.74) is 13.1. The summed E-state index contributed by atoms with van der Waals surface area (Å²) >= 11 is 6.81. The van der Waals surface area contributed by atoms with Crippen LogP contribution in [0.4, 0.5) is 10.2 Å². The van der Waals surface area contributed by atoms with Crippen molar-refractivity contribution in [2.45, 2.75) is 32.2 Å². The van der Waals surface area contributed by atoms with Crippen molar-refractivity contribution in [2.24, 2.45) is 11.1 Å². The predicted molar refractivity (Wildman–Crippen MR) is 147 cm³/mol. The second-order valence-corrected chi connectivity index (χ2v) is 10.4. The summed E-state index contributed by atoms with van der Waals surface area (Å²) in [6, 6.07) is 7.19. The number of nitrogens with two attached hydrogens (primary N) is 1. The van der Waals surface area contributed by atoms with E-state index in [-0.39, 0.29) is 29.7 Å². The quantitative estimate of drug-likeness (QED) is 0.326. The number of anilines is 1. The van der Waals surface area contributed by atoms with E-state index in [1.165, 1.54) is 6.20 Å². The molecule has 2 aliphatic rings. The van der Waals surface area contributed by atoms with Crippen LogP contribution in [0.2, 0.25) is 5.02 Å². The van der Waals surface area contributed by atoms with Crippen molar-refractivity contribution in [1.29, 1.82) is 0 Å². The Morgan fingerprint density at radius 1 is 1.08 bits per heavy atom. The van der Waals surface area contributed by atoms with Crippen molar-refractivity contribution >= 4 is 46.4 Å². The third-order valence-electron chi connectivity index (χ3n) is 8.08. The lowest BCUT2D eigenvalue weighted by atomic mass is 9.73. The Morgan fingerprint density at radius 2 is 1.87 bits per heavy atom. The van der Waals surface area contributed by atoms with E-state index in [0.29, 0.717) is 10.5 Å². The second kappa shape index (κ2) is 9.11. The topological polar surface area (TPSA) is 98.1 Å². The Kier molecular flexibility index (Phi) is 5.97. The van der Waals surface area contributed by atoms with E-state index in [1.54, 1.807) is 24.7 Å². The number of aryl methyl sites for hydroxylation is 1. The number of halogens is 3. The van der Waals surface area contributed by atoms with Gasteiger partial charge in [0.2, 0.25) is 0 Å². The van der Waals surface area contributed by atoms with Gasteiger partial charge in [0, 0.05) is 42.8 Å². The van der Waals surface area contributed by atoms with E-state index in [0.717, 1.165) is 77.4 Å². The maximum Gasteiger partial charge on any atom is 0.155 e. The SMILES string of the molecule is Cc1nc(N2CCC3(CC2)Cc2ncc(F)cc2[C@H]3N)c2ccnn2c1-c1ccc2nccnc2c1Cl.Cl. The minimum Gasteiger partial charge on any atom is -0.355 e. The van der Waals surface area contributed by atoms with Gasteiger partial charge in [-0.25, -0.2) is 13.9 Å². The van der Waals surface area contributed by atoms with Crippen LogP contribution in [-0.4, -0.2) is 42.6 Å². The van der Waals surface area contributed by atoms with E-state index < -0.39 is 0 Å². The molecule has 1 spiro atoms. The number of rotatable bonds is 2. The van der Waals surface area contributed by atoms with Crippen molar-refractivity contribution in [3.63, 3.8) is 0 Å². The molecule has 0 radical (unpaired) electrons. The lowest BCUT2D eigenvalue weighted by Crippen LogP contribution is -2.44. The summed E-state index contributed by atoms with van der Waals surface area (Å²) in [7, 11) is 0. The molecular formula is C27H25Cl2FN8. The number of fused-ring (bicyclic) bond motifs is 3. The van der Waals surface area contributed by atoms with Gasteiger partial charge in [0.05, 0.1) is 34.3 Å². The van der Waals surface area contributed by atoms with Crippen LogP contribution in [0.1, 0.15) is 35.8 Å². The normalized spacial score (nSPS) is 18.2. The van der Waals surface area contributed by atoms with Gasteiger partial charge in [-0.1, -0.05) is 11.6 Å². The smallest absolute Gasteiger partial charge is 0.155 e. The van der Waals surface area contributed by atoms with Gasteiger partial charge >= 0.3 is 0 Å². The van der Waals surface area contributed by atoms with Gasteiger partial charge in [-0.15, -0.1) is 12.4 Å². The zero-order valence-electron chi connectivity index (χ0n) is 20.6. The Labute approximate surface area is 229 Å². The predicted octanol–water partition coefficient (Wildman–Crippen LogP) is 5.10. The average molecular weight is 551 g/mol. The van der Waals surface area contributed by atoms with Gasteiger partial charge in [0.1, 0.15) is 16.9 Å². The number of hydrogen-bond donors (Lipinski definition) is 1. The van der Waals surface area contributed by atoms with Crippen LogP contribution in [0.5, 0.6) is 0 Å². The first-order valence-electron chi connectivity index (χ1n) is 12.3. The van der Waals surface area contributed by atoms with Crippen molar-refractivity contribution in [2.75, 3.05) is 18.0 Å². The molecule has 1 saturated heterocycles. The van der Waals surface area contributed by atoms with Crippen LogP contribution in [0.3, 0.4) is 0 Å². The van der Waals surface area contributed by atoms with Crippen LogP contribution in [0.15, 0.2) is 49.1 Å². The molecule has 4 aromatic heterocycles. The van der Waals surface area contributed by atoms with Crippen LogP contribution in [-0.2, 0) is 6.42 Å². The fourth-order valence-electron chi connectivity index (χ4n) is 6.13. The number of pyridine rings is 1. The molecule has 5 heterocycles. The molecule has 1 aromatic carbocycles. The first-order chi connectivity index (χ1) is 17.9. The van der Waals surface area contributed by atoms with E-state index in [1.807, 2.05) is 29.6 Å². The van der Waals surface area contributed by atoms with E-state index >= 15 is 0 Å². The van der Waals surface area contributed by atoms with Gasteiger partial charge in [0.15, 0.2) is 5.82 Å². The molecule has 0 bridgehead atoms. The van der Waals surface area contributed by atoms with Crippen molar-refractivity contribution in [1.82, 2.24) is 29.5 Å². The molecule has 38 heavy (non-hydrogen) atoms. The number of nitrogens with zero attached hydrogens (tertiary/aromatic N) is 7. The molecule has 2 N–H and O–H groups in total. The average Bonchev–Trinajstić information content (AvgIpc) is 3.49. The summed E-state index contributed by atoms with van der Waals surface area (Å²) in [4.78, 5) is 20.5. The molecule has 194 valence electrons. The highest BCUT2D eigenvalue weighted by Gasteiger charge is 2.47. The van der Waals surface area contributed by atoms with Crippen LogP contribution in [0, 0.1) is 18.2 Å². The van der Waals surface area contributed by atoms with Crippen LogP contribution >= 0.6 is 24.0 Å². The van der Waals surface area contributed by atoms with E-state index in [2.05, 4.69) is 25.0 Å². The monoisotopic (exact) mass is 550 g/mol. The molecule has 7 rings (SSSR count). The van der Waals surface area contributed by atoms with E-state index in [9.17, 15) is 4.39 Å². The first-order valence-corrected chi connectivity index (χ1v) is 12.7.